The molecule has 1 saturated heterocycles. The molecule has 3 rings (SSSR count). The number of hydrogen-bond acceptors (Lipinski definition) is 3. The predicted molar refractivity (Wildman–Crippen MR) is 94.0 cm³/mol. The Labute approximate surface area is 140 Å². The average Bonchev–Trinajstić information content (AvgIpc) is 2.81. The third-order valence-electron chi connectivity index (χ3n) is 4.50. The molecule has 1 amide bonds. The summed E-state index contributed by atoms with van der Waals surface area (Å²) in [5, 5.41) is 12.9. The Morgan fingerprint density at radius 3 is 2.54 bits per heavy atom. The van der Waals surface area contributed by atoms with E-state index >= 15 is 0 Å². The standard InChI is InChI=1S/C17H24N4O3/c1-17(2,3)21(16(23)24)12-4-5-13-14(10-12)20(15(22)19-13)11-6-8-18-9-7-11/h4-5,10-11,18H,6-9H2,1-3H3,(H,19,22)(H,23,24). The van der Waals surface area contributed by atoms with Gasteiger partial charge < -0.3 is 15.4 Å². The zero-order valence-corrected chi connectivity index (χ0v) is 14.3. The van der Waals surface area contributed by atoms with E-state index in [1.807, 2.05) is 20.8 Å². The molecule has 0 atom stereocenters. The first kappa shape index (κ1) is 16.6. The van der Waals surface area contributed by atoms with Crippen molar-refractivity contribution >= 4 is 22.8 Å². The fourth-order valence-corrected chi connectivity index (χ4v) is 3.46. The largest absolute Gasteiger partial charge is 0.465 e. The normalized spacial score (nSPS) is 16.5. The number of carbonyl (C=O) groups is 1. The van der Waals surface area contributed by atoms with Crippen molar-refractivity contribution in [2.24, 2.45) is 0 Å². The first-order valence-electron chi connectivity index (χ1n) is 8.27. The van der Waals surface area contributed by atoms with E-state index in [0.29, 0.717) is 5.69 Å². The van der Waals surface area contributed by atoms with Crippen molar-refractivity contribution in [3.63, 3.8) is 0 Å². The number of H-pyrrole nitrogens is 1. The van der Waals surface area contributed by atoms with Gasteiger partial charge in [0.05, 0.1) is 11.0 Å². The van der Waals surface area contributed by atoms with Crippen LogP contribution in [0.5, 0.6) is 0 Å². The highest BCUT2D eigenvalue weighted by Gasteiger charge is 2.29. The van der Waals surface area contributed by atoms with Crippen LogP contribution >= 0.6 is 0 Å². The molecule has 2 heterocycles. The smallest absolute Gasteiger partial charge is 0.412 e. The van der Waals surface area contributed by atoms with Crippen molar-refractivity contribution in [3.05, 3.63) is 28.7 Å². The molecule has 2 aromatic rings. The molecule has 1 aromatic heterocycles. The van der Waals surface area contributed by atoms with E-state index in [1.165, 1.54) is 4.90 Å². The molecule has 0 spiro atoms. The highest BCUT2D eigenvalue weighted by molar-refractivity contribution is 5.91. The van der Waals surface area contributed by atoms with E-state index < -0.39 is 11.6 Å². The van der Waals surface area contributed by atoms with Gasteiger partial charge in [0.15, 0.2) is 0 Å². The highest BCUT2D eigenvalue weighted by atomic mass is 16.4. The van der Waals surface area contributed by atoms with E-state index in [2.05, 4.69) is 10.3 Å². The van der Waals surface area contributed by atoms with Crippen LogP contribution in [0.3, 0.4) is 0 Å². The monoisotopic (exact) mass is 332 g/mol. The van der Waals surface area contributed by atoms with Gasteiger partial charge in [0.2, 0.25) is 0 Å². The van der Waals surface area contributed by atoms with Crippen LogP contribution in [0.1, 0.15) is 39.7 Å². The third kappa shape index (κ3) is 2.91. The van der Waals surface area contributed by atoms with Crippen molar-refractivity contribution in [1.82, 2.24) is 14.9 Å². The summed E-state index contributed by atoms with van der Waals surface area (Å²) in [4.78, 5) is 28.3. The maximum Gasteiger partial charge on any atom is 0.412 e. The van der Waals surface area contributed by atoms with Crippen LogP contribution in [0.2, 0.25) is 0 Å². The predicted octanol–water partition coefficient (Wildman–Crippen LogP) is 2.54. The number of benzene rings is 1. The molecule has 7 nitrogen and oxygen atoms in total. The molecule has 0 aliphatic carbocycles. The van der Waals surface area contributed by atoms with E-state index in [9.17, 15) is 14.7 Å². The lowest BCUT2D eigenvalue weighted by molar-refractivity contribution is 0.195. The fraction of sp³-hybridized carbons (Fsp3) is 0.529. The van der Waals surface area contributed by atoms with Gasteiger partial charge in [-0.1, -0.05) is 0 Å². The number of imidazole rings is 1. The lowest BCUT2D eigenvalue weighted by Gasteiger charge is -2.33. The summed E-state index contributed by atoms with van der Waals surface area (Å²) in [6, 6.07) is 5.46. The quantitative estimate of drug-likeness (QED) is 0.788. The van der Waals surface area contributed by atoms with Crippen molar-refractivity contribution < 1.29 is 9.90 Å². The van der Waals surface area contributed by atoms with Gasteiger partial charge >= 0.3 is 11.8 Å². The topological polar surface area (TPSA) is 90.4 Å². The van der Waals surface area contributed by atoms with Gasteiger partial charge in [-0.05, 0) is 64.9 Å². The molecule has 24 heavy (non-hydrogen) atoms. The van der Waals surface area contributed by atoms with Crippen LogP contribution in [-0.2, 0) is 0 Å². The summed E-state index contributed by atoms with van der Waals surface area (Å²) in [7, 11) is 0. The Bertz CT molecular complexity index is 809. The second-order valence-electron chi connectivity index (χ2n) is 7.27. The van der Waals surface area contributed by atoms with Gasteiger partial charge in [0, 0.05) is 17.3 Å². The second kappa shape index (κ2) is 5.98. The summed E-state index contributed by atoms with van der Waals surface area (Å²) in [6.07, 6.45) is 0.769. The zero-order valence-electron chi connectivity index (χ0n) is 14.3. The lowest BCUT2D eigenvalue weighted by atomic mass is 10.0. The van der Waals surface area contributed by atoms with Crippen molar-refractivity contribution in [3.8, 4) is 0 Å². The molecule has 7 heteroatoms. The number of nitrogens with zero attached hydrogens (tertiary/aromatic N) is 2. The average molecular weight is 332 g/mol. The minimum absolute atomic E-state index is 0.133. The van der Waals surface area contributed by atoms with E-state index in [1.54, 1.807) is 22.8 Å². The maximum atomic E-state index is 12.4. The van der Waals surface area contributed by atoms with Gasteiger partial charge in [0.1, 0.15) is 0 Å². The van der Waals surface area contributed by atoms with Gasteiger partial charge in [-0.15, -0.1) is 0 Å². The third-order valence-corrected chi connectivity index (χ3v) is 4.50. The van der Waals surface area contributed by atoms with E-state index in [0.717, 1.165) is 37.0 Å². The van der Waals surface area contributed by atoms with Gasteiger partial charge in [0.25, 0.3) is 0 Å². The number of anilines is 1. The number of amides is 1. The molecule has 0 bridgehead atoms. The number of rotatable bonds is 2. The van der Waals surface area contributed by atoms with Crippen LogP contribution in [0.25, 0.3) is 11.0 Å². The molecule has 0 saturated carbocycles. The summed E-state index contributed by atoms with van der Waals surface area (Å²) in [5.41, 5.74) is 1.37. The van der Waals surface area contributed by atoms with E-state index in [4.69, 9.17) is 0 Å². The molecule has 0 unspecified atom stereocenters. The molecule has 1 fully saturated rings. The number of piperidine rings is 1. The van der Waals surface area contributed by atoms with Crippen LogP contribution in [0, 0.1) is 0 Å². The van der Waals surface area contributed by atoms with Gasteiger partial charge in [-0.25, -0.2) is 9.59 Å². The molecule has 0 radical (unpaired) electrons. The first-order chi connectivity index (χ1) is 11.3. The number of carboxylic acid groups (broad SMARTS) is 1. The van der Waals surface area contributed by atoms with Gasteiger partial charge in [-0.2, -0.15) is 0 Å². The first-order valence-corrected chi connectivity index (χ1v) is 8.27. The van der Waals surface area contributed by atoms with Crippen molar-refractivity contribution in [2.45, 2.75) is 45.2 Å². The minimum Gasteiger partial charge on any atom is -0.465 e. The Morgan fingerprint density at radius 1 is 1.29 bits per heavy atom. The Kier molecular flexibility index (Phi) is 4.13. The van der Waals surface area contributed by atoms with Crippen LogP contribution < -0.4 is 15.9 Å². The minimum atomic E-state index is -1.01. The van der Waals surface area contributed by atoms with Crippen LogP contribution in [-0.4, -0.2) is 39.4 Å². The van der Waals surface area contributed by atoms with Crippen molar-refractivity contribution in [1.29, 1.82) is 0 Å². The SMILES string of the molecule is CC(C)(C)N(C(=O)O)c1ccc2[nH]c(=O)n(C3CCNCC3)c2c1. The lowest BCUT2D eigenvalue weighted by Crippen LogP contribution is -2.45. The summed E-state index contributed by atoms with van der Waals surface area (Å²) in [6.45, 7) is 7.31. The molecule has 1 aliphatic heterocycles. The zero-order chi connectivity index (χ0) is 17.5. The Morgan fingerprint density at radius 2 is 1.96 bits per heavy atom. The fourth-order valence-electron chi connectivity index (χ4n) is 3.46. The van der Waals surface area contributed by atoms with Crippen LogP contribution in [0.15, 0.2) is 23.0 Å². The maximum absolute atomic E-state index is 12.4. The number of fused-ring (bicyclic) bond motifs is 1. The molecular weight excluding hydrogens is 308 g/mol. The Hall–Kier alpha value is -2.28. The number of nitrogens with one attached hydrogen (secondary N) is 2. The number of aromatic nitrogens is 2. The molecule has 1 aromatic carbocycles. The van der Waals surface area contributed by atoms with Gasteiger partial charge in [-0.3, -0.25) is 9.47 Å². The highest BCUT2D eigenvalue weighted by Crippen LogP contribution is 2.29. The summed E-state index contributed by atoms with van der Waals surface area (Å²) < 4.78 is 1.78. The molecular formula is C17H24N4O3. The molecule has 130 valence electrons. The molecule has 1 aliphatic rings. The van der Waals surface area contributed by atoms with Crippen LogP contribution in [0.4, 0.5) is 10.5 Å². The second-order valence-corrected chi connectivity index (χ2v) is 7.27. The van der Waals surface area contributed by atoms with Crippen molar-refractivity contribution in [2.75, 3.05) is 18.0 Å². The van der Waals surface area contributed by atoms with E-state index in [-0.39, 0.29) is 11.7 Å². The summed E-state index contributed by atoms with van der Waals surface area (Å²) >= 11 is 0. The summed E-state index contributed by atoms with van der Waals surface area (Å²) in [5.74, 6) is 0. The Balaban J connectivity index is 2.13. The molecule has 3 N–H and O–H groups in total. The number of aromatic amines is 1. The number of hydrogen-bond donors (Lipinski definition) is 3.